The molecule has 0 saturated heterocycles. The predicted octanol–water partition coefficient (Wildman–Crippen LogP) is 4.78. The number of ether oxygens (including phenoxy) is 6. The quantitative estimate of drug-likeness (QED) is 0.0496. The van der Waals surface area contributed by atoms with Crippen molar-refractivity contribution in [2.24, 2.45) is 0 Å². The fourth-order valence-electron chi connectivity index (χ4n) is 5.31. The van der Waals surface area contributed by atoms with E-state index in [1.54, 1.807) is 20.8 Å². The number of rotatable bonds is 36. The van der Waals surface area contributed by atoms with Gasteiger partial charge in [-0.15, -0.1) is 0 Å². The summed E-state index contributed by atoms with van der Waals surface area (Å²) in [5.74, 6) is -2.59. The highest BCUT2D eigenvalue weighted by atomic mass is 16.6. The van der Waals surface area contributed by atoms with Crippen molar-refractivity contribution in [3.63, 3.8) is 0 Å². The maximum Gasteiger partial charge on any atom is 0.329 e. The number of amides is 3. The number of hydrogen-bond donors (Lipinski definition) is 4. The molecule has 0 aliphatic carbocycles. The number of unbranched alkanes of at least 4 members (excludes halogenated alkanes) is 11. The minimum absolute atomic E-state index is 0.0139. The Balaban J connectivity index is 4.04. The maximum absolute atomic E-state index is 12.8. The Bertz CT molecular complexity index is 1120. The summed E-state index contributed by atoms with van der Waals surface area (Å²) in [5, 5.41) is 16.6. The van der Waals surface area contributed by atoms with Gasteiger partial charge >= 0.3 is 17.9 Å². The van der Waals surface area contributed by atoms with Crippen LogP contribution in [0.5, 0.6) is 0 Å². The van der Waals surface area contributed by atoms with Crippen molar-refractivity contribution in [2.45, 2.75) is 162 Å². The third kappa shape index (κ3) is 39.3. The second-order valence-electron chi connectivity index (χ2n) is 15.9. The molecule has 0 saturated carbocycles. The molecule has 0 aromatic carbocycles. The van der Waals surface area contributed by atoms with E-state index in [9.17, 15) is 28.8 Å². The summed E-state index contributed by atoms with van der Waals surface area (Å²) in [4.78, 5) is 71.9. The number of nitrogens with one attached hydrogen (secondary N) is 3. The third-order valence-corrected chi connectivity index (χ3v) is 7.98. The van der Waals surface area contributed by atoms with Gasteiger partial charge in [-0.1, -0.05) is 64.2 Å². The molecule has 0 bridgehead atoms. The van der Waals surface area contributed by atoms with Crippen LogP contribution in [-0.4, -0.2) is 124 Å². The molecule has 0 rings (SSSR count). The highest BCUT2D eigenvalue weighted by molar-refractivity contribution is 5.85. The average Bonchev–Trinajstić information content (AvgIpc) is 3.10. The first-order valence-corrected chi connectivity index (χ1v) is 20.8. The van der Waals surface area contributed by atoms with Gasteiger partial charge in [-0.25, -0.2) is 9.59 Å². The zero-order valence-corrected chi connectivity index (χ0v) is 35.8. The van der Waals surface area contributed by atoms with Crippen molar-refractivity contribution < 1.29 is 62.3 Å². The summed E-state index contributed by atoms with van der Waals surface area (Å²) >= 11 is 0. The lowest BCUT2D eigenvalue weighted by atomic mass is 10.0. The van der Waals surface area contributed by atoms with Crippen LogP contribution in [0.25, 0.3) is 0 Å². The van der Waals surface area contributed by atoms with Crippen molar-refractivity contribution in [3.05, 3.63) is 0 Å². The van der Waals surface area contributed by atoms with Crippen molar-refractivity contribution >= 4 is 35.6 Å². The van der Waals surface area contributed by atoms with E-state index in [-0.39, 0.29) is 102 Å². The highest BCUT2D eigenvalue weighted by Crippen LogP contribution is 2.15. The number of carboxylic acids is 1. The number of carbonyl (C=O) groups excluding carboxylic acids is 5. The maximum atomic E-state index is 12.8. The van der Waals surface area contributed by atoms with Crippen molar-refractivity contribution in [1.29, 1.82) is 0 Å². The number of carboxylic acid groups (broad SMARTS) is 1. The number of carbonyl (C=O) groups is 6. The number of aliphatic carboxylic acids is 1. The van der Waals surface area contributed by atoms with Gasteiger partial charge in [0, 0.05) is 32.4 Å². The first-order valence-electron chi connectivity index (χ1n) is 20.8. The molecular weight excluding hydrogens is 742 g/mol. The Morgan fingerprint density at radius 3 is 1.42 bits per heavy atom. The molecule has 16 nitrogen and oxygen atoms in total. The molecule has 4 N–H and O–H groups in total. The summed E-state index contributed by atoms with van der Waals surface area (Å²) in [5.41, 5.74) is -1.16. The summed E-state index contributed by atoms with van der Waals surface area (Å²) in [6.45, 7) is 12.1. The topological polar surface area (TPSA) is 214 Å². The molecule has 16 heteroatoms. The summed E-state index contributed by atoms with van der Waals surface area (Å²) in [7, 11) is 0. The molecule has 57 heavy (non-hydrogen) atoms. The highest BCUT2D eigenvalue weighted by Gasteiger charge is 2.27. The molecule has 0 spiro atoms. The van der Waals surface area contributed by atoms with E-state index in [2.05, 4.69) is 16.0 Å². The smallest absolute Gasteiger partial charge is 0.329 e. The first-order chi connectivity index (χ1) is 27.0. The van der Waals surface area contributed by atoms with E-state index in [0.29, 0.717) is 12.8 Å². The van der Waals surface area contributed by atoms with Crippen molar-refractivity contribution in [3.8, 4) is 0 Å². The monoisotopic (exact) mass is 818 g/mol. The van der Waals surface area contributed by atoms with Crippen LogP contribution in [0.4, 0.5) is 0 Å². The normalized spacial score (nSPS) is 12.1. The van der Waals surface area contributed by atoms with Gasteiger partial charge in [0.15, 0.2) is 0 Å². The Labute approximate surface area is 340 Å². The van der Waals surface area contributed by atoms with Crippen LogP contribution < -0.4 is 16.0 Å². The fourth-order valence-corrected chi connectivity index (χ4v) is 5.31. The Morgan fingerprint density at radius 1 is 0.491 bits per heavy atom. The summed E-state index contributed by atoms with van der Waals surface area (Å²) in [6, 6.07) is -0.935. The van der Waals surface area contributed by atoms with Crippen LogP contribution in [0, 0.1) is 0 Å². The number of esters is 2. The molecule has 0 fully saturated rings. The molecule has 0 aromatic heterocycles. The first kappa shape index (κ1) is 53.7. The van der Waals surface area contributed by atoms with Gasteiger partial charge in [0.2, 0.25) is 17.7 Å². The number of hydrogen-bond acceptors (Lipinski definition) is 12. The summed E-state index contributed by atoms with van der Waals surface area (Å²) in [6.07, 6.45) is 13.8. The largest absolute Gasteiger partial charge is 0.480 e. The van der Waals surface area contributed by atoms with Crippen LogP contribution in [0.1, 0.15) is 144 Å². The molecule has 0 aliphatic heterocycles. The lowest BCUT2D eigenvalue weighted by Gasteiger charge is -2.24. The van der Waals surface area contributed by atoms with Gasteiger partial charge in [-0.2, -0.15) is 0 Å². The van der Waals surface area contributed by atoms with E-state index in [0.717, 1.165) is 44.9 Å². The van der Waals surface area contributed by atoms with Gasteiger partial charge in [0.1, 0.15) is 30.5 Å². The van der Waals surface area contributed by atoms with Crippen LogP contribution in [0.3, 0.4) is 0 Å². The van der Waals surface area contributed by atoms with E-state index < -0.39 is 29.2 Å². The molecule has 1 unspecified atom stereocenters. The average molecular weight is 818 g/mol. The van der Waals surface area contributed by atoms with Gasteiger partial charge < -0.3 is 49.5 Å². The van der Waals surface area contributed by atoms with Gasteiger partial charge in [0.25, 0.3) is 0 Å². The van der Waals surface area contributed by atoms with E-state index in [1.807, 2.05) is 20.8 Å². The van der Waals surface area contributed by atoms with Gasteiger partial charge in [0.05, 0.1) is 39.6 Å². The SMILES string of the molecule is CC(C)(C)OC(=O)CCCCCCCCCCCCCCC(=O)NC(CCC(=O)NCCOCCOCC(=O)NCCOCCOCC(=O)O)C(=O)OC(C)(C)C. The molecule has 332 valence electrons. The van der Waals surface area contributed by atoms with E-state index >= 15 is 0 Å². The molecule has 0 aromatic rings. The zero-order chi connectivity index (χ0) is 42.8. The molecule has 0 aliphatic rings. The molecule has 0 heterocycles. The molecule has 0 radical (unpaired) electrons. The minimum atomic E-state index is -1.05. The molecule has 1 atom stereocenters. The van der Waals surface area contributed by atoms with E-state index in [4.69, 9.17) is 33.5 Å². The summed E-state index contributed by atoms with van der Waals surface area (Å²) < 4.78 is 31.6. The predicted molar refractivity (Wildman–Crippen MR) is 214 cm³/mol. The fraction of sp³-hybridized carbons (Fsp3) is 0.854. The lowest BCUT2D eigenvalue weighted by Crippen LogP contribution is -2.44. The van der Waals surface area contributed by atoms with Crippen LogP contribution in [-0.2, 0) is 57.2 Å². The van der Waals surface area contributed by atoms with Crippen molar-refractivity contribution in [2.75, 3.05) is 65.9 Å². The van der Waals surface area contributed by atoms with Crippen LogP contribution in [0.15, 0.2) is 0 Å². The minimum Gasteiger partial charge on any atom is -0.480 e. The Kier molecular flexibility index (Phi) is 31.6. The standard InChI is InChI=1S/C41H75N3O13/c1-40(2,3)56-38(50)20-18-16-14-12-10-8-7-9-11-13-15-17-19-35(46)44-33(39(51)57-41(4,5)6)21-22-34(45)42-23-25-52-27-29-54-31-36(47)43-24-26-53-28-30-55-32-37(48)49/h33H,7-32H2,1-6H3,(H,42,45)(H,43,47)(H,44,46)(H,48,49). The third-order valence-electron chi connectivity index (χ3n) is 7.98. The second-order valence-corrected chi connectivity index (χ2v) is 15.9. The van der Waals surface area contributed by atoms with Crippen molar-refractivity contribution in [1.82, 2.24) is 16.0 Å². The van der Waals surface area contributed by atoms with Crippen LogP contribution in [0.2, 0.25) is 0 Å². The molecule has 3 amide bonds. The lowest BCUT2D eigenvalue weighted by molar-refractivity contribution is -0.159. The second kappa shape index (κ2) is 33.6. The Morgan fingerprint density at radius 2 is 0.930 bits per heavy atom. The molecular formula is C41H75N3O13. The Hall–Kier alpha value is -3.34. The van der Waals surface area contributed by atoms with E-state index in [1.165, 1.54) is 32.1 Å². The van der Waals surface area contributed by atoms with Crippen LogP contribution >= 0.6 is 0 Å². The zero-order valence-electron chi connectivity index (χ0n) is 35.8. The van der Waals surface area contributed by atoms with Gasteiger partial charge in [-0.05, 0) is 60.8 Å². The van der Waals surface area contributed by atoms with Gasteiger partial charge in [-0.3, -0.25) is 19.2 Å².